The molecule has 0 unspecified atom stereocenters. The molecular weight excluding hydrogens is 478 g/mol. The molecule has 38 heavy (non-hydrogen) atoms. The summed E-state index contributed by atoms with van der Waals surface area (Å²) in [4.78, 5) is 22.5. The van der Waals surface area contributed by atoms with Gasteiger partial charge in [-0.05, 0) is 43.3 Å². The number of aryl methyl sites for hydroxylation is 1. The Balaban J connectivity index is 1.45. The average molecular weight is 502 g/mol. The molecule has 186 valence electrons. The molecule has 10 heteroatoms. The van der Waals surface area contributed by atoms with Crippen molar-refractivity contribution in [2.24, 2.45) is 7.05 Å². The molecular formula is C28H23N9O. The average Bonchev–Trinajstić information content (AvgIpc) is 3.62. The van der Waals surface area contributed by atoms with Gasteiger partial charge in [0.05, 0.1) is 34.4 Å². The van der Waals surface area contributed by atoms with Gasteiger partial charge in [0.1, 0.15) is 5.82 Å². The Morgan fingerprint density at radius 3 is 2.63 bits per heavy atom. The van der Waals surface area contributed by atoms with E-state index in [1.807, 2.05) is 73.3 Å². The quantitative estimate of drug-likeness (QED) is 0.358. The Hall–Kier alpha value is -5.43. The first kappa shape index (κ1) is 23.0. The predicted molar refractivity (Wildman–Crippen MR) is 144 cm³/mol. The second-order valence-corrected chi connectivity index (χ2v) is 8.80. The van der Waals surface area contributed by atoms with Gasteiger partial charge in [-0.15, -0.1) is 0 Å². The molecule has 0 saturated carbocycles. The van der Waals surface area contributed by atoms with Crippen molar-refractivity contribution in [3.05, 3.63) is 102 Å². The Bertz CT molecular complexity index is 1870. The lowest BCUT2D eigenvalue weighted by Crippen LogP contribution is -2.30. The van der Waals surface area contributed by atoms with Crippen LogP contribution in [0.3, 0.4) is 0 Å². The summed E-state index contributed by atoms with van der Waals surface area (Å²) in [6.07, 6.45) is 5.17. The number of anilines is 1. The molecule has 1 atom stereocenters. The number of hydrogen-bond acceptors (Lipinski definition) is 6. The number of fused-ring (bicyclic) bond motifs is 2. The van der Waals surface area contributed by atoms with Gasteiger partial charge in [-0.3, -0.25) is 14.0 Å². The summed E-state index contributed by atoms with van der Waals surface area (Å²) in [5.41, 5.74) is 10.9. The Morgan fingerprint density at radius 1 is 1.00 bits per heavy atom. The molecule has 0 aliphatic carbocycles. The van der Waals surface area contributed by atoms with E-state index in [9.17, 15) is 4.79 Å². The molecule has 10 nitrogen and oxygen atoms in total. The highest BCUT2D eigenvalue weighted by atomic mass is 16.2. The number of carbonyl (C=O) groups is 1. The van der Waals surface area contributed by atoms with Crippen molar-refractivity contribution in [1.29, 1.82) is 0 Å². The van der Waals surface area contributed by atoms with E-state index < -0.39 is 11.9 Å². The van der Waals surface area contributed by atoms with Crippen molar-refractivity contribution in [1.82, 2.24) is 39.2 Å². The molecule has 0 fully saturated rings. The molecule has 3 N–H and O–H groups in total. The lowest BCUT2D eigenvalue weighted by Gasteiger charge is -2.17. The van der Waals surface area contributed by atoms with E-state index in [4.69, 9.17) is 10.7 Å². The van der Waals surface area contributed by atoms with Crippen molar-refractivity contribution in [2.45, 2.75) is 13.0 Å². The number of nitrogens with one attached hydrogen (secondary N) is 1. The molecule has 0 aliphatic heterocycles. The van der Waals surface area contributed by atoms with Crippen LogP contribution in [0.5, 0.6) is 0 Å². The fourth-order valence-electron chi connectivity index (χ4n) is 4.45. The van der Waals surface area contributed by atoms with Gasteiger partial charge in [-0.2, -0.15) is 10.2 Å². The van der Waals surface area contributed by atoms with Gasteiger partial charge in [-0.1, -0.05) is 36.1 Å². The zero-order valence-electron chi connectivity index (χ0n) is 20.7. The van der Waals surface area contributed by atoms with Gasteiger partial charge in [-0.25, -0.2) is 14.5 Å². The number of aromatic nitrogens is 7. The SMILES string of the molecule is C[C@H](NC(=O)c1c(N)nc2cccnn12)c1nc2cccc(C#Cc3cnn(C)c3)c2n1-c1ccccc1. The zero-order chi connectivity index (χ0) is 26.2. The van der Waals surface area contributed by atoms with Crippen LogP contribution in [0.2, 0.25) is 0 Å². The number of carbonyl (C=O) groups excluding carboxylic acids is 1. The highest BCUT2D eigenvalue weighted by molar-refractivity contribution is 5.98. The second-order valence-electron chi connectivity index (χ2n) is 8.80. The Labute approximate surface area is 217 Å². The lowest BCUT2D eigenvalue weighted by molar-refractivity contribution is 0.0932. The zero-order valence-corrected chi connectivity index (χ0v) is 20.7. The van der Waals surface area contributed by atoms with Crippen LogP contribution in [0.1, 0.15) is 40.4 Å². The number of imidazole rings is 2. The molecule has 6 aromatic rings. The number of nitrogen functional groups attached to an aromatic ring is 1. The standard InChI is InChI=1S/C28H23N9O/c1-18(32-28(38)25-26(29)34-23-12-7-15-30-37(23)25)27-33-22-11-6-8-20(14-13-19-16-31-35(2)17-19)24(22)36(27)21-9-4-3-5-10-21/h3-12,15-18H,29H2,1-2H3,(H,32,38)/t18-/m0/s1. The van der Waals surface area contributed by atoms with Crippen molar-refractivity contribution in [3.8, 4) is 17.5 Å². The summed E-state index contributed by atoms with van der Waals surface area (Å²) >= 11 is 0. The second kappa shape index (κ2) is 9.22. The van der Waals surface area contributed by atoms with E-state index in [1.54, 1.807) is 29.2 Å². The van der Waals surface area contributed by atoms with Gasteiger partial charge >= 0.3 is 0 Å². The molecule has 0 spiro atoms. The van der Waals surface area contributed by atoms with Crippen LogP contribution in [0.4, 0.5) is 5.82 Å². The molecule has 6 rings (SSSR count). The van der Waals surface area contributed by atoms with Crippen LogP contribution >= 0.6 is 0 Å². The third-order valence-corrected chi connectivity index (χ3v) is 6.13. The van der Waals surface area contributed by atoms with Crippen molar-refractivity contribution in [2.75, 3.05) is 5.73 Å². The summed E-state index contributed by atoms with van der Waals surface area (Å²) in [7, 11) is 1.86. The largest absolute Gasteiger partial charge is 0.382 e. The molecule has 0 saturated heterocycles. The normalized spacial score (nSPS) is 11.8. The minimum Gasteiger partial charge on any atom is -0.382 e. The minimum atomic E-state index is -0.483. The molecule has 2 aromatic carbocycles. The first-order chi connectivity index (χ1) is 18.5. The molecule has 0 radical (unpaired) electrons. The molecule has 0 aliphatic rings. The summed E-state index contributed by atoms with van der Waals surface area (Å²) in [5, 5.41) is 11.5. The van der Waals surface area contributed by atoms with E-state index in [0.29, 0.717) is 11.5 Å². The van der Waals surface area contributed by atoms with Crippen LogP contribution in [-0.2, 0) is 7.05 Å². The van der Waals surface area contributed by atoms with Crippen LogP contribution in [0.15, 0.2) is 79.3 Å². The third kappa shape index (κ3) is 4.02. The lowest BCUT2D eigenvalue weighted by atomic mass is 10.1. The maximum atomic E-state index is 13.4. The first-order valence-electron chi connectivity index (χ1n) is 12.0. The molecule has 1 amide bonds. The smallest absolute Gasteiger partial charge is 0.274 e. The monoisotopic (exact) mass is 501 g/mol. The van der Waals surface area contributed by atoms with Gasteiger partial charge < -0.3 is 11.1 Å². The number of amides is 1. The fourth-order valence-corrected chi connectivity index (χ4v) is 4.45. The van der Waals surface area contributed by atoms with E-state index >= 15 is 0 Å². The highest BCUT2D eigenvalue weighted by Crippen LogP contribution is 2.28. The fraction of sp³-hybridized carbons (Fsp3) is 0.107. The van der Waals surface area contributed by atoms with Crippen LogP contribution < -0.4 is 11.1 Å². The van der Waals surface area contributed by atoms with Crippen LogP contribution in [0.25, 0.3) is 22.4 Å². The summed E-state index contributed by atoms with van der Waals surface area (Å²) in [5.74, 6) is 6.83. The Morgan fingerprint density at radius 2 is 1.84 bits per heavy atom. The highest BCUT2D eigenvalue weighted by Gasteiger charge is 2.24. The summed E-state index contributed by atoms with van der Waals surface area (Å²) in [6, 6.07) is 18.7. The van der Waals surface area contributed by atoms with Crippen molar-refractivity contribution < 1.29 is 4.79 Å². The Kier molecular flexibility index (Phi) is 5.58. The minimum absolute atomic E-state index is 0.109. The number of nitrogens with two attached hydrogens (primary N) is 1. The number of benzene rings is 2. The first-order valence-corrected chi connectivity index (χ1v) is 12.0. The van der Waals surface area contributed by atoms with Gasteiger partial charge in [0.2, 0.25) is 0 Å². The van der Waals surface area contributed by atoms with Crippen molar-refractivity contribution >= 4 is 28.4 Å². The van der Waals surface area contributed by atoms with Crippen molar-refractivity contribution in [3.63, 3.8) is 0 Å². The number of hydrogen-bond donors (Lipinski definition) is 2. The summed E-state index contributed by atoms with van der Waals surface area (Å²) in [6.45, 7) is 1.88. The number of rotatable bonds is 4. The van der Waals surface area contributed by atoms with E-state index in [2.05, 4.69) is 32.3 Å². The molecule has 4 heterocycles. The van der Waals surface area contributed by atoms with Gasteiger partial charge in [0, 0.05) is 25.1 Å². The third-order valence-electron chi connectivity index (χ3n) is 6.13. The van der Waals surface area contributed by atoms with Crippen LogP contribution in [-0.4, -0.2) is 39.8 Å². The van der Waals surface area contributed by atoms with Gasteiger partial charge in [0.15, 0.2) is 17.2 Å². The van der Waals surface area contributed by atoms with E-state index in [1.165, 1.54) is 4.52 Å². The van der Waals surface area contributed by atoms with Crippen LogP contribution in [0, 0.1) is 11.8 Å². The maximum absolute atomic E-state index is 13.4. The summed E-state index contributed by atoms with van der Waals surface area (Å²) < 4.78 is 5.18. The maximum Gasteiger partial charge on any atom is 0.274 e. The molecule has 0 bridgehead atoms. The van der Waals surface area contributed by atoms with E-state index in [-0.39, 0.29) is 11.5 Å². The number of nitrogens with zero attached hydrogens (tertiary/aromatic N) is 7. The predicted octanol–water partition coefficient (Wildman–Crippen LogP) is 3.27. The number of para-hydroxylation sites is 2. The molecule has 4 aromatic heterocycles. The van der Waals surface area contributed by atoms with E-state index in [0.717, 1.165) is 27.8 Å². The van der Waals surface area contributed by atoms with Gasteiger partial charge in [0.25, 0.3) is 5.91 Å². The topological polar surface area (TPSA) is 121 Å².